The fourth-order valence-corrected chi connectivity index (χ4v) is 4.55. The Morgan fingerprint density at radius 1 is 1.30 bits per heavy atom. The van der Waals surface area contributed by atoms with Crippen molar-refractivity contribution in [3.63, 3.8) is 0 Å². The number of hydrogen-bond donors (Lipinski definition) is 1. The summed E-state index contributed by atoms with van der Waals surface area (Å²) in [6, 6.07) is 8.37. The molecule has 2 aliphatic heterocycles. The Morgan fingerprint density at radius 2 is 2.00 bits per heavy atom. The van der Waals surface area contributed by atoms with Crippen LogP contribution < -0.4 is 5.32 Å². The maximum absolute atomic E-state index is 12.5. The molecule has 1 fully saturated rings. The van der Waals surface area contributed by atoms with Gasteiger partial charge in [0.05, 0.1) is 23.3 Å². The first-order valence-corrected chi connectivity index (χ1v) is 9.14. The second kappa shape index (κ2) is 5.77. The van der Waals surface area contributed by atoms with Gasteiger partial charge < -0.3 is 5.32 Å². The number of anilines is 1. The van der Waals surface area contributed by atoms with Crippen LogP contribution in [0.2, 0.25) is 0 Å². The molecule has 1 N–H and O–H groups in total. The summed E-state index contributed by atoms with van der Waals surface area (Å²) in [5.74, 6) is -1.96. The number of nitrogens with one attached hydrogen (secondary N) is 1. The Hall–Kier alpha value is -2.22. The molecule has 0 radical (unpaired) electrons. The van der Waals surface area contributed by atoms with E-state index >= 15 is 0 Å². The van der Waals surface area contributed by atoms with Crippen LogP contribution in [0.1, 0.15) is 13.3 Å². The van der Waals surface area contributed by atoms with Crippen LogP contribution in [0.4, 0.5) is 5.69 Å². The Bertz CT molecular complexity index is 773. The van der Waals surface area contributed by atoms with Gasteiger partial charge >= 0.3 is 0 Å². The van der Waals surface area contributed by atoms with Crippen molar-refractivity contribution in [1.29, 1.82) is 0 Å². The minimum absolute atomic E-state index is 0.0525. The number of hydrazone groups is 1. The summed E-state index contributed by atoms with van der Waals surface area (Å²) in [5.41, 5.74) is 0.979. The Balaban J connectivity index is 1.74. The number of carbonyl (C=O) groups is 2. The van der Waals surface area contributed by atoms with Crippen molar-refractivity contribution in [2.45, 2.75) is 19.4 Å². The number of hydrogen-bond acceptors (Lipinski definition) is 5. The first-order valence-electron chi connectivity index (χ1n) is 7.32. The molecule has 3 rings (SSSR count). The van der Waals surface area contributed by atoms with Gasteiger partial charge in [-0.15, -0.1) is 0 Å². The zero-order chi connectivity index (χ0) is 16.6. The van der Waals surface area contributed by atoms with Crippen molar-refractivity contribution in [2.24, 2.45) is 11.0 Å². The van der Waals surface area contributed by atoms with Crippen LogP contribution in [0.3, 0.4) is 0 Å². The lowest BCUT2D eigenvalue weighted by atomic mass is 10.0. The molecule has 0 saturated carbocycles. The number of para-hydroxylation sites is 1. The number of nitrogens with zero attached hydrogens (tertiary/aromatic N) is 2. The van der Waals surface area contributed by atoms with E-state index in [0.29, 0.717) is 17.8 Å². The summed E-state index contributed by atoms with van der Waals surface area (Å²) in [5, 5.41) is 8.00. The zero-order valence-electron chi connectivity index (χ0n) is 12.6. The van der Waals surface area contributed by atoms with Crippen molar-refractivity contribution in [1.82, 2.24) is 5.01 Å². The largest absolute Gasteiger partial charge is 0.325 e. The highest BCUT2D eigenvalue weighted by Gasteiger charge is 2.44. The highest BCUT2D eigenvalue weighted by molar-refractivity contribution is 7.91. The number of carbonyl (C=O) groups excluding carboxylic acids is 2. The van der Waals surface area contributed by atoms with Gasteiger partial charge in [-0.25, -0.2) is 13.4 Å². The molecule has 0 spiro atoms. The highest BCUT2D eigenvalue weighted by Crippen LogP contribution is 2.26. The molecular formula is C15H17N3O4S. The predicted octanol–water partition coefficient (Wildman–Crippen LogP) is 0.646. The standard InChI is InChI=1S/C15H17N3O4S/c1-10-13(14(19)16-11-5-3-2-4-6-11)15(20)18(17-10)12-7-8-23(21,22)9-12/h2-6,12-13H,7-9H2,1H3,(H,16,19). The maximum Gasteiger partial charge on any atom is 0.261 e. The van der Waals surface area contributed by atoms with Gasteiger partial charge in [0.15, 0.2) is 15.8 Å². The van der Waals surface area contributed by atoms with Crippen LogP contribution in [-0.4, -0.2) is 48.5 Å². The molecule has 1 saturated heterocycles. The molecule has 0 aliphatic carbocycles. The van der Waals surface area contributed by atoms with E-state index < -0.39 is 33.6 Å². The molecule has 2 unspecified atom stereocenters. The minimum Gasteiger partial charge on any atom is -0.325 e. The monoisotopic (exact) mass is 335 g/mol. The molecule has 2 atom stereocenters. The average molecular weight is 335 g/mol. The molecule has 8 heteroatoms. The summed E-state index contributed by atoms with van der Waals surface area (Å²) in [6.45, 7) is 1.61. The van der Waals surface area contributed by atoms with Crippen LogP contribution in [0, 0.1) is 5.92 Å². The van der Waals surface area contributed by atoms with Crippen LogP contribution >= 0.6 is 0 Å². The van der Waals surface area contributed by atoms with Crippen molar-refractivity contribution < 1.29 is 18.0 Å². The van der Waals surface area contributed by atoms with E-state index in [1.165, 1.54) is 5.01 Å². The van der Waals surface area contributed by atoms with Crippen molar-refractivity contribution in [3.05, 3.63) is 30.3 Å². The van der Waals surface area contributed by atoms with Crippen molar-refractivity contribution in [2.75, 3.05) is 16.8 Å². The van der Waals surface area contributed by atoms with Crippen LogP contribution in [0.5, 0.6) is 0 Å². The fourth-order valence-electron chi connectivity index (χ4n) is 2.86. The lowest BCUT2D eigenvalue weighted by Gasteiger charge is -2.19. The predicted molar refractivity (Wildman–Crippen MR) is 85.6 cm³/mol. The summed E-state index contributed by atoms with van der Waals surface area (Å²) in [7, 11) is -3.12. The molecule has 2 aliphatic rings. The molecule has 1 aromatic rings. The van der Waals surface area contributed by atoms with Gasteiger partial charge in [0.2, 0.25) is 5.91 Å². The van der Waals surface area contributed by atoms with Gasteiger partial charge in [-0.05, 0) is 25.5 Å². The lowest BCUT2D eigenvalue weighted by Crippen LogP contribution is -2.40. The molecule has 2 heterocycles. The quantitative estimate of drug-likeness (QED) is 0.820. The molecular weight excluding hydrogens is 318 g/mol. The van der Waals surface area contributed by atoms with E-state index in [0.717, 1.165) is 0 Å². The molecule has 2 amide bonds. The van der Waals surface area contributed by atoms with E-state index in [9.17, 15) is 18.0 Å². The van der Waals surface area contributed by atoms with Crippen molar-refractivity contribution >= 4 is 33.1 Å². The van der Waals surface area contributed by atoms with Gasteiger partial charge in [0.25, 0.3) is 5.91 Å². The third-order valence-electron chi connectivity index (χ3n) is 4.01. The van der Waals surface area contributed by atoms with Gasteiger partial charge in [0.1, 0.15) is 0 Å². The smallest absolute Gasteiger partial charge is 0.261 e. The van der Waals surface area contributed by atoms with E-state index in [-0.39, 0.29) is 11.5 Å². The fraction of sp³-hybridized carbons (Fsp3) is 0.400. The number of benzene rings is 1. The SMILES string of the molecule is CC1=NN(C2CCS(=O)(=O)C2)C(=O)C1C(=O)Nc1ccccc1. The first kappa shape index (κ1) is 15.7. The minimum atomic E-state index is -3.12. The summed E-state index contributed by atoms with van der Waals surface area (Å²) >= 11 is 0. The van der Waals surface area contributed by atoms with Crippen LogP contribution in [0.25, 0.3) is 0 Å². The van der Waals surface area contributed by atoms with Crippen molar-refractivity contribution in [3.8, 4) is 0 Å². The first-order chi connectivity index (χ1) is 10.9. The molecule has 0 aromatic heterocycles. The van der Waals surface area contributed by atoms with E-state index in [4.69, 9.17) is 0 Å². The van der Waals surface area contributed by atoms with E-state index in [1.807, 2.05) is 6.07 Å². The van der Waals surface area contributed by atoms with Crippen LogP contribution in [-0.2, 0) is 19.4 Å². The van der Waals surface area contributed by atoms with Gasteiger partial charge in [-0.3, -0.25) is 9.59 Å². The number of amides is 2. The summed E-state index contributed by atoms with van der Waals surface area (Å²) < 4.78 is 23.2. The Morgan fingerprint density at radius 3 is 2.61 bits per heavy atom. The van der Waals surface area contributed by atoms with Gasteiger partial charge in [-0.2, -0.15) is 5.10 Å². The molecule has 1 aromatic carbocycles. The third kappa shape index (κ3) is 3.12. The zero-order valence-corrected chi connectivity index (χ0v) is 13.4. The molecule has 122 valence electrons. The molecule has 0 bridgehead atoms. The normalized spacial score (nSPS) is 26.2. The second-order valence-corrected chi connectivity index (χ2v) is 8.00. The molecule has 7 nitrogen and oxygen atoms in total. The highest BCUT2D eigenvalue weighted by atomic mass is 32.2. The number of rotatable bonds is 3. The number of sulfone groups is 1. The Kier molecular flexibility index (Phi) is 3.93. The average Bonchev–Trinajstić information content (AvgIpc) is 2.99. The molecule has 23 heavy (non-hydrogen) atoms. The third-order valence-corrected chi connectivity index (χ3v) is 5.76. The van der Waals surface area contributed by atoms with E-state index in [2.05, 4.69) is 10.4 Å². The summed E-state index contributed by atoms with van der Waals surface area (Å²) in [4.78, 5) is 24.9. The van der Waals surface area contributed by atoms with Gasteiger partial charge in [-0.1, -0.05) is 18.2 Å². The lowest BCUT2D eigenvalue weighted by molar-refractivity contribution is -0.137. The van der Waals surface area contributed by atoms with E-state index in [1.54, 1.807) is 31.2 Å². The topological polar surface area (TPSA) is 95.9 Å². The maximum atomic E-state index is 12.5. The Labute approximate surface area is 134 Å². The van der Waals surface area contributed by atoms with Crippen LogP contribution in [0.15, 0.2) is 35.4 Å². The second-order valence-electron chi connectivity index (χ2n) is 5.77. The van der Waals surface area contributed by atoms with Gasteiger partial charge in [0, 0.05) is 5.69 Å². The summed E-state index contributed by atoms with van der Waals surface area (Å²) in [6.07, 6.45) is 0.359.